The number of aromatic nitrogens is 2. The molecule has 0 radical (unpaired) electrons. The molecule has 1 fully saturated rings. The van der Waals surface area contributed by atoms with Crippen molar-refractivity contribution < 1.29 is 14.4 Å². The molecule has 0 saturated carbocycles. The topological polar surface area (TPSA) is 84.3 Å². The fraction of sp³-hybridized carbons (Fsp3) is 0.130. The molecule has 4 amide bonds. The number of carbonyl (C=O) groups excluding carboxylic acids is 3. The predicted octanol–water partition coefficient (Wildman–Crippen LogP) is 4.07. The zero-order chi connectivity index (χ0) is 22.3. The molecule has 7 nitrogen and oxygen atoms in total. The first-order valence-corrected chi connectivity index (χ1v) is 10.6. The summed E-state index contributed by atoms with van der Waals surface area (Å²) in [6.07, 6.45) is 4.47. The SMILES string of the molecule is Cc1cc(-n2c(C)cc(/C=C3/C(=O)NC(=O)N(c4cccnc4)C3=O)c2C)ccc1I. The van der Waals surface area contributed by atoms with E-state index in [4.69, 9.17) is 0 Å². The first-order valence-electron chi connectivity index (χ1n) is 9.55. The Morgan fingerprint density at radius 3 is 2.48 bits per heavy atom. The molecule has 2 aromatic heterocycles. The van der Waals surface area contributed by atoms with Crippen LogP contribution in [-0.2, 0) is 9.59 Å². The number of nitrogens with zero attached hydrogens (tertiary/aromatic N) is 3. The number of imide groups is 2. The quantitative estimate of drug-likeness (QED) is 0.317. The van der Waals surface area contributed by atoms with Gasteiger partial charge in [-0.1, -0.05) is 0 Å². The third-order valence-corrected chi connectivity index (χ3v) is 6.39. The highest BCUT2D eigenvalue weighted by atomic mass is 127. The van der Waals surface area contributed by atoms with E-state index in [9.17, 15) is 14.4 Å². The summed E-state index contributed by atoms with van der Waals surface area (Å²) in [5.74, 6) is -1.40. The van der Waals surface area contributed by atoms with Crippen LogP contribution < -0.4 is 10.2 Å². The van der Waals surface area contributed by atoms with Crippen molar-refractivity contribution in [1.82, 2.24) is 14.9 Å². The molecule has 0 aliphatic carbocycles. The molecule has 8 heteroatoms. The van der Waals surface area contributed by atoms with Gasteiger partial charge in [0.05, 0.1) is 11.9 Å². The van der Waals surface area contributed by atoms with Gasteiger partial charge in [0.15, 0.2) is 0 Å². The van der Waals surface area contributed by atoms with Crippen LogP contribution in [0.2, 0.25) is 0 Å². The Balaban J connectivity index is 1.77. The van der Waals surface area contributed by atoms with E-state index in [1.165, 1.54) is 15.8 Å². The summed E-state index contributed by atoms with van der Waals surface area (Å²) >= 11 is 2.29. The minimum atomic E-state index is -0.792. The van der Waals surface area contributed by atoms with E-state index in [0.29, 0.717) is 5.69 Å². The summed E-state index contributed by atoms with van der Waals surface area (Å²) in [5.41, 5.74) is 4.94. The second-order valence-corrected chi connectivity index (χ2v) is 8.43. The van der Waals surface area contributed by atoms with Gasteiger partial charge in [-0.2, -0.15) is 0 Å². The molecule has 1 N–H and O–H groups in total. The number of barbiturate groups is 1. The molecule has 1 aliphatic heterocycles. The van der Waals surface area contributed by atoms with Gasteiger partial charge in [0, 0.05) is 26.8 Å². The molecule has 156 valence electrons. The molecule has 1 saturated heterocycles. The lowest BCUT2D eigenvalue weighted by Crippen LogP contribution is -2.54. The molecule has 0 bridgehead atoms. The first-order chi connectivity index (χ1) is 14.8. The molecule has 1 aliphatic rings. The number of hydrogen-bond donors (Lipinski definition) is 1. The maximum atomic E-state index is 13.0. The second kappa shape index (κ2) is 8.10. The molecule has 0 unspecified atom stereocenters. The first kappa shape index (κ1) is 21.0. The molecular formula is C23H19IN4O3. The number of hydrogen-bond acceptors (Lipinski definition) is 4. The molecule has 0 atom stereocenters. The fourth-order valence-electron chi connectivity index (χ4n) is 3.63. The number of halogens is 1. The highest BCUT2D eigenvalue weighted by Crippen LogP contribution is 2.26. The summed E-state index contributed by atoms with van der Waals surface area (Å²) in [7, 11) is 0. The Bertz CT molecular complexity index is 1260. The van der Waals surface area contributed by atoms with Gasteiger partial charge < -0.3 is 4.57 Å². The third-order valence-electron chi connectivity index (χ3n) is 5.18. The number of urea groups is 1. The van der Waals surface area contributed by atoms with Crippen molar-refractivity contribution in [3.63, 3.8) is 0 Å². The Morgan fingerprint density at radius 2 is 1.81 bits per heavy atom. The number of carbonyl (C=O) groups is 3. The molecule has 3 aromatic rings. The summed E-state index contributed by atoms with van der Waals surface area (Å²) in [6, 6.07) is 10.5. The van der Waals surface area contributed by atoms with E-state index < -0.39 is 17.8 Å². The molecule has 3 heterocycles. The number of benzene rings is 1. The lowest BCUT2D eigenvalue weighted by Gasteiger charge is -2.26. The maximum Gasteiger partial charge on any atom is 0.336 e. The van der Waals surface area contributed by atoms with Crippen molar-refractivity contribution in [2.24, 2.45) is 0 Å². The Labute approximate surface area is 192 Å². The normalized spacial score (nSPS) is 15.5. The standard InChI is InChI=1S/C23H19IN4O3/c1-13-9-17(6-7-20(13)24)27-14(2)10-16(15(27)3)11-19-21(29)26-23(31)28(22(19)30)18-5-4-8-25-12-18/h4-12H,1-3H3,(H,26,29,31)/b19-11-. The van der Waals surface area contributed by atoms with E-state index in [1.807, 2.05) is 26.0 Å². The Hall–Kier alpha value is -3.27. The van der Waals surface area contributed by atoms with Crippen LogP contribution in [0.25, 0.3) is 11.8 Å². The number of aryl methyl sites for hydroxylation is 2. The van der Waals surface area contributed by atoms with E-state index in [2.05, 4.69) is 56.5 Å². The van der Waals surface area contributed by atoms with E-state index in [-0.39, 0.29) is 5.57 Å². The number of nitrogens with one attached hydrogen (secondary N) is 1. The van der Waals surface area contributed by atoms with Crippen LogP contribution in [0.15, 0.2) is 54.4 Å². The third kappa shape index (κ3) is 3.78. The zero-order valence-corrected chi connectivity index (χ0v) is 19.3. The molecule has 4 rings (SSSR count). The van der Waals surface area contributed by atoms with E-state index in [0.717, 1.165) is 33.1 Å². The molecular weight excluding hydrogens is 507 g/mol. The Morgan fingerprint density at radius 1 is 1.03 bits per heavy atom. The van der Waals surface area contributed by atoms with Crippen LogP contribution in [0.1, 0.15) is 22.5 Å². The van der Waals surface area contributed by atoms with Gasteiger partial charge in [0.1, 0.15) is 5.57 Å². The van der Waals surface area contributed by atoms with Crippen molar-refractivity contribution in [3.8, 4) is 5.69 Å². The smallest absolute Gasteiger partial charge is 0.318 e. The summed E-state index contributed by atoms with van der Waals surface area (Å²) in [4.78, 5) is 42.7. The average molecular weight is 526 g/mol. The molecule has 1 aromatic carbocycles. The largest absolute Gasteiger partial charge is 0.336 e. The highest BCUT2D eigenvalue weighted by molar-refractivity contribution is 14.1. The number of pyridine rings is 1. The summed E-state index contributed by atoms with van der Waals surface area (Å²) in [6.45, 7) is 5.95. The van der Waals surface area contributed by atoms with Crippen molar-refractivity contribution in [3.05, 3.63) is 80.4 Å². The molecule has 0 spiro atoms. The monoisotopic (exact) mass is 526 g/mol. The molecule has 31 heavy (non-hydrogen) atoms. The van der Waals surface area contributed by atoms with Crippen LogP contribution in [0, 0.1) is 24.3 Å². The van der Waals surface area contributed by atoms with Crippen LogP contribution in [0.4, 0.5) is 10.5 Å². The van der Waals surface area contributed by atoms with Gasteiger partial charge in [-0.3, -0.25) is 19.9 Å². The van der Waals surface area contributed by atoms with Crippen LogP contribution in [0.5, 0.6) is 0 Å². The maximum absolute atomic E-state index is 13.0. The van der Waals surface area contributed by atoms with Gasteiger partial charge in [-0.05, 0) is 97.0 Å². The van der Waals surface area contributed by atoms with E-state index in [1.54, 1.807) is 18.3 Å². The van der Waals surface area contributed by atoms with Crippen molar-refractivity contribution in [2.75, 3.05) is 4.90 Å². The van der Waals surface area contributed by atoms with Crippen LogP contribution >= 0.6 is 22.6 Å². The van der Waals surface area contributed by atoms with Crippen molar-refractivity contribution in [1.29, 1.82) is 0 Å². The lowest BCUT2D eigenvalue weighted by molar-refractivity contribution is -0.122. The van der Waals surface area contributed by atoms with Gasteiger partial charge >= 0.3 is 6.03 Å². The predicted molar refractivity (Wildman–Crippen MR) is 126 cm³/mol. The van der Waals surface area contributed by atoms with Crippen molar-refractivity contribution in [2.45, 2.75) is 20.8 Å². The zero-order valence-electron chi connectivity index (χ0n) is 17.1. The highest BCUT2D eigenvalue weighted by Gasteiger charge is 2.37. The van der Waals surface area contributed by atoms with Crippen molar-refractivity contribution >= 4 is 52.2 Å². The van der Waals surface area contributed by atoms with Crippen LogP contribution in [0.3, 0.4) is 0 Å². The van der Waals surface area contributed by atoms with Gasteiger partial charge in [-0.15, -0.1) is 0 Å². The summed E-state index contributed by atoms with van der Waals surface area (Å²) in [5, 5.41) is 2.24. The second-order valence-electron chi connectivity index (χ2n) is 7.26. The number of amides is 4. The van der Waals surface area contributed by atoms with Gasteiger partial charge in [0.2, 0.25) is 0 Å². The average Bonchev–Trinajstić information content (AvgIpc) is 3.01. The van der Waals surface area contributed by atoms with Gasteiger partial charge in [-0.25, -0.2) is 9.69 Å². The fourth-order valence-corrected chi connectivity index (χ4v) is 3.97. The minimum Gasteiger partial charge on any atom is -0.318 e. The van der Waals surface area contributed by atoms with E-state index >= 15 is 0 Å². The Kier molecular flexibility index (Phi) is 5.48. The number of anilines is 1. The van der Waals surface area contributed by atoms with Gasteiger partial charge in [0.25, 0.3) is 11.8 Å². The van der Waals surface area contributed by atoms with Crippen LogP contribution in [-0.4, -0.2) is 27.4 Å². The summed E-state index contributed by atoms with van der Waals surface area (Å²) < 4.78 is 3.25. The minimum absolute atomic E-state index is 0.109. The number of rotatable bonds is 3. The lowest BCUT2D eigenvalue weighted by atomic mass is 10.1.